The third kappa shape index (κ3) is 6.79. The normalized spacial score (nSPS) is 20.6. The summed E-state index contributed by atoms with van der Waals surface area (Å²) in [6.45, 7) is 3.51. The van der Waals surface area contributed by atoms with E-state index in [0.717, 1.165) is 59.4 Å². The minimum atomic E-state index is -5.08. The van der Waals surface area contributed by atoms with Gasteiger partial charge in [0.1, 0.15) is 17.4 Å². The number of para-hydroxylation sites is 1. The van der Waals surface area contributed by atoms with Crippen molar-refractivity contribution in [2.75, 3.05) is 11.9 Å². The van der Waals surface area contributed by atoms with Crippen LogP contribution in [0.15, 0.2) is 24.3 Å². The number of nitrogens with two attached hydrogens (primary N) is 1. The second-order valence-corrected chi connectivity index (χ2v) is 10.3. The molecule has 1 aliphatic heterocycles. The number of anilines is 1. The van der Waals surface area contributed by atoms with E-state index >= 15 is 0 Å². The number of halogens is 3. The number of aliphatic hydroxyl groups excluding tert-OH is 1. The number of aliphatic hydroxyl groups is 1. The summed E-state index contributed by atoms with van der Waals surface area (Å²) < 4.78 is 31.7. The lowest BCUT2D eigenvalue weighted by atomic mass is 9.90. The Morgan fingerprint density at radius 3 is 2.52 bits per heavy atom. The molecule has 12 nitrogen and oxygen atoms in total. The summed E-state index contributed by atoms with van der Waals surface area (Å²) in [5, 5.41) is 25.7. The predicted molar refractivity (Wildman–Crippen MR) is 147 cm³/mol. The molecule has 8 N–H and O–H groups in total. The van der Waals surface area contributed by atoms with Crippen LogP contribution in [0.1, 0.15) is 60.4 Å². The van der Waals surface area contributed by atoms with E-state index in [-0.39, 0.29) is 36.5 Å². The zero-order valence-electron chi connectivity index (χ0n) is 22.9. The van der Waals surface area contributed by atoms with E-state index in [9.17, 15) is 22.8 Å². The highest BCUT2D eigenvalue weighted by Gasteiger charge is 2.38. The van der Waals surface area contributed by atoms with Gasteiger partial charge in [0.2, 0.25) is 5.91 Å². The summed E-state index contributed by atoms with van der Waals surface area (Å²) in [6, 6.07) is 6.89. The number of carbonyl (C=O) groups excluding carboxylic acids is 2. The molecular weight excluding hydrogens is 559 g/mol. The van der Waals surface area contributed by atoms with Gasteiger partial charge < -0.3 is 36.9 Å². The fraction of sp³-hybridized carbons (Fsp3) is 0.444. The second kappa shape index (κ2) is 12.3. The molecule has 3 heterocycles. The van der Waals surface area contributed by atoms with E-state index in [1.54, 1.807) is 0 Å². The lowest BCUT2D eigenvalue weighted by Crippen LogP contribution is -2.49. The average molecular weight is 592 g/mol. The van der Waals surface area contributed by atoms with Crippen LogP contribution >= 0.6 is 0 Å². The zero-order valence-corrected chi connectivity index (χ0v) is 22.9. The number of nitrogens with one attached hydrogen (secondary N) is 4. The highest BCUT2D eigenvalue weighted by molar-refractivity contribution is 6.01. The van der Waals surface area contributed by atoms with Gasteiger partial charge in [0.15, 0.2) is 0 Å². The number of H-pyrrole nitrogens is 1. The van der Waals surface area contributed by atoms with Crippen molar-refractivity contribution in [1.29, 1.82) is 0 Å². The number of amides is 2. The first kappa shape index (κ1) is 30.7. The van der Waals surface area contributed by atoms with E-state index in [2.05, 4.69) is 20.9 Å². The lowest BCUT2D eigenvalue weighted by Gasteiger charge is -2.31. The summed E-state index contributed by atoms with van der Waals surface area (Å²) in [5.41, 5.74) is 11.3. The number of alkyl halides is 3. The number of carbonyl (C=O) groups is 3. The van der Waals surface area contributed by atoms with Crippen LogP contribution in [0, 0.1) is 6.92 Å². The number of fused-ring (bicyclic) bond motifs is 2. The van der Waals surface area contributed by atoms with Gasteiger partial charge in [-0.3, -0.25) is 9.59 Å². The lowest BCUT2D eigenvalue weighted by molar-refractivity contribution is -0.192. The number of aromatic nitrogens is 3. The molecule has 0 saturated heterocycles. The van der Waals surface area contributed by atoms with Crippen LogP contribution in [-0.2, 0) is 9.59 Å². The van der Waals surface area contributed by atoms with Gasteiger partial charge in [-0.15, -0.1) is 0 Å². The number of hydrogen-bond donors (Lipinski definition) is 7. The molecule has 1 aliphatic carbocycles. The standard InChI is InChI=1S/C25H31N7O3.C2HF3O2/c1-12-21-17(24(34)28-12)10-20(31-21)16-7-4-8-19-22(16)32-23(13(2)27-19)29-14-5-3-6-15(9-14)30-25(35)18(26)11-33;3-2(4,5)1(6)7/h4,7-8,10,12,14-15,18,31,33H,3,5-6,9,11,26H2,1-2H3,(H,28,34)(H,29,32)(H,30,35);(H,6,7)/t12-,14+,15-,18-;/m1./s1. The van der Waals surface area contributed by atoms with Crippen LogP contribution in [0.25, 0.3) is 22.3 Å². The molecule has 0 unspecified atom stereocenters. The first-order valence-corrected chi connectivity index (χ1v) is 13.3. The largest absolute Gasteiger partial charge is 0.490 e. The first-order valence-electron chi connectivity index (χ1n) is 13.3. The molecule has 2 aromatic heterocycles. The maximum Gasteiger partial charge on any atom is 0.490 e. The quantitative estimate of drug-likeness (QED) is 0.225. The van der Waals surface area contributed by atoms with E-state index < -0.39 is 18.2 Å². The fourth-order valence-corrected chi connectivity index (χ4v) is 5.05. The van der Waals surface area contributed by atoms with Crippen LogP contribution in [0.3, 0.4) is 0 Å². The molecule has 1 aromatic carbocycles. The summed E-state index contributed by atoms with van der Waals surface area (Å²) in [4.78, 5) is 46.4. The van der Waals surface area contributed by atoms with Crippen molar-refractivity contribution in [2.24, 2.45) is 5.73 Å². The van der Waals surface area contributed by atoms with Crippen LogP contribution < -0.4 is 21.7 Å². The Balaban J connectivity index is 0.000000517. The smallest absolute Gasteiger partial charge is 0.475 e. The highest BCUT2D eigenvalue weighted by atomic mass is 19.4. The number of carboxylic acid groups (broad SMARTS) is 1. The number of aryl methyl sites for hydroxylation is 1. The Hall–Kier alpha value is -4.24. The van der Waals surface area contributed by atoms with Crippen molar-refractivity contribution in [2.45, 2.75) is 69.9 Å². The zero-order chi connectivity index (χ0) is 30.8. The molecule has 15 heteroatoms. The minimum absolute atomic E-state index is 0.00919. The Morgan fingerprint density at radius 2 is 1.88 bits per heavy atom. The third-order valence-electron chi connectivity index (χ3n) is 7.17. The molecule has 4 atom stereocenters. The first-order chi connectivity index (χ1) is 19.8. The van der Waals surface area contributed by atoms with Crippen LogP contribution in [-0.4, -0.2) is 73.9 Å². The summed E-state index contributed by atoms with van der Waals surface area (Å²) in [7, 11) is 0. The maximum absolute atomic E-state index is 12.2. The molecule has 5 rings (SSSR count). The predicted octanol–water partition coefficient (Wildman–Crippen LogP) is 2.53. The summed E-state index contributed by atoms with van der Waals surface area (Å²) in [5.74, 6) is -2.45. The van der Waals surface area contributed by atoms with E-state index in [4.69, 9.17) is 30.7 Å². The van der Waals surface area contributed by atoms with Gasteiger partial charge in [0.05, 0.1) is 35.1 Å². The highest BCUT2D eigenvalue weighted by Crippen LogP contribution is 2.33. The minimum Gasteiger partial charge on any atom is -0.475 e. The van der Waals surface area contributed by atoms with Gasteiger partial charge in [-0.1, -0.05) is 12.1 Å². The van der Waals surface area contributed by atoms with Crippen molar-refractivity contribution < 1.29 is 37.8 Å². The Kier molecular flexibility index (Phi) is 9.01. The number of aliphatic carboxylic acids is 1. The summed E-state index contributed by atoms with van der Waals surface area (Å²) in [6.07, 6.45) is -1.56. The SMILES string of the molecule is Cc1nc2cccc(-c3cc4c([nH]3)[C@@H](C)NC4=O)c2nc1N[C@H]1CCC[C@@H](NC(=O)[C@H](N)CO)C1.O=C(O)C(F)(F)F. The molecular formula is C27H32F3N7O5. The number of aromatic amines is 1. The fourth-order valence-electron chi connectivity index (χ4n) is 5.05. The van der Waals surface area contributed by atoms with Crippen molar-refractivity contribution in [3.8, 4) is 11.3 Å². The topological polar surface area (TPSA) is 195 Å². The molecule has 2 amide bonds. The van der Waals surface area contributed by atoms with Crippen molar-refractivity contribution >= 4 is 34.6 Å². The van der Waals surface area contributed by atoms with Gasteiger partial charge in [0, 0.05) is 23.3 Å². The molecule has 42 heavy (non-hydrogen) atoms. The van der Waals surface area contributed by atoms with Gasteiger partial charge in [-0.25, -0.2) is 14.8 Å². The number of carboxylic acids is 1. The molecule has 3 aromatic rings. The Bertz CT molecular complexity index is 1490. The van der Waals surface area contributed by atoms with E-state index in [1.807, 2.05) is 38.1 Å². The average Bonchev–Trinajstić information content (AvgIpc) is 3.48. The van der Waals surface area contributed by atoms with Gasteiger partial charge in [-0.05, 0) is 51.7 Å². The van der Waals surface area contributed by atoms with Gasteiger partial charge in [0.25, 0.3) is 5.91 Å². The van der Waals surface area contributed by atoms with Gasteiger partial charge in [-0.2, -0.15) is 13.2 Å². The molecule has 1 saturated carbocycles. The Morgan fingerprint density at radius 1 is 1.19 bits per heavy atom. The van der Waals surface area contributed by atoms with Gasteiger partial charge >= 0.3 is 12.1 Å². The molecule has 2 aliphatic rings. The molecule has 226 valence electrons. The summed E-state index contributed by atoms with van der Waals surface area (Å²) >= 11 is 0. The number of rotatable bonds is 6. The Labute approximate surface area is 238 Å². The van der Waals surface area contributed by atoms with E-state index in [1.165, 1.54) is 0 Å². The molecule has 1 fully saturated rings. The monoisotopic (exact) mass is 591 g/mol. The maximum atomic E-state index is 12.2. The second-order valence-electron chi connectivity index (χ2n) is 10.3. The van der Waals surface area contributed by atoms with Crippen molar-refractivity contribution in [3.05, 3.63) is 41.2 Å². The van der Waals surface area contributed by atoms with E-state index in [0.29, 0.717) is 11.4 Å². The van der Waals surface area contributed by atoms with Crippen LogP contribution in [0.5, 0.6) is 0 Å². The molecule has 0 bridgehead atoms. The van der Waals surface area contributed by atoms with Crippen LogP contribution in [0.2, 0.25) is 0 Å². The van der Waals surface area contributed by atoms with Crippen molar-refractivity contribution in [1.82, 2.24) is 25.6 Å². The number of hydrogen-bond acceptors (Lipinski definition) is 8. The van der Waals surface area contributed by atoms with Crippen LogP contribution in [0.4, 0.5) is 19.0 Å². The number of nitrogens with zero attached hydrogens (tertiary/aromatic N) is 2. The third-order valence-corrected chi connectivity index (χ3v) is 7.17. The molecule has 0 radical (unpaired) electrons. The number of benzene rings is 1. The molecule has 0 spiro atoms. The van der Waals surface area contributed by atoms with Crippen molar-refractivity contribution in [3.63, 3.8) is 0 Å².